The first-order chi connectivity index (χ1) is 13.3. The number of likely N-dealkylation sites (N-methyl/N-ethyl adjacent to an activating group) is 1. The molecule has 1 aliphatic heterocycles. The van der Waals surface area contributed by atoms with E-state index in [4.69, 9.17) is 11.6 Å². The molecule has 3 rings (SSSR count). The number of hydrogen-bond donors (Lipinski definition) is 1. The van der Waals surface area contributed by atoms with E-state index >= 15 is 0 Å². The second-order valence-electron chi connectivity index (χ2n) is 6.98. The maximum atomic E-state index is 12.5. The first-order valence-corrected chi connectivity index (χ1v) is 10.9. The van der Waals surface area contributed by atoms with Gasteiger partial charge in [-0.15, -0.1) is 0 Å². The van der Waals surface area contributed by atoms with Crippen molar-refractivity contribution in [1.82, 2.24) is 9.62 Å². The van der Waals surface area contributed by atoms with E-state index in [1.807, 2.05) is 6.07 Å². The van der Waals surface area contributed by atoms with Crippen molar-refractivity contribution in [3.8, 4) is 0 Å². The normalized spacial score (nSPS) is 14.1. The molecule has 0 saturated heterocycles. The number of halogens is 1. The Morgan fingerprint density at radius 2 is 1.93 bits per heavy atom. The van der Waals surface area contributed by atoms with Gasteiger partial charge in [-0.2, -0.15) is 4.31 Å². The monoisotopic (exact) mass is 421 g/mol. The van der Waals surface area contributed by atoms with E-state index in [1.165, 1.54) is 42.6 Å². The highest BCUT2D eigenvalue weighted by Crippen LogP contribution is 2.26. The van der Waals surface area contributed by atoms with Gasteiger partial charge in [0.15, 0.2) is 0 Å². The van der Waals surface area contributed by atoms with Gasteiger partial charge in [0.1, 0.15) is 0 Å². The molecule has 0 fully saturated rings. The average molecular weight is 422 g/mol. The van der Waals surface area contributed by atoms with Crippen LogP contribution in [-0.2, 0) is 27.8 Å². The summed E-state index contributed by atoms with van der Waals surface area (Å²) in [6.07, 6.45) is 2.15. The summed E-state index contributed by atoms with van der Waals surface area (Å²) in [5.74, 6) is -0.352. The van der Waals surface area contributed by atoms with Crippen LogP contribution in [0.5, 0.6) is 0 Å². The van der Waals surface area contributed by atoms with Gasteiger partial charge in [-0.3, -0.25) is 4.79 Å². The minimum Gasteiger partial charge on any atom is -0.374 e. The van der Waals surface area contributed by atoms with E-state index in [-0.39, 0.29) is 17.3 Å². The van der Waals surface area contributed by atoms with Gasteiger partial charge in [0, 0.05) is 37.9 Å². The maximum absolute atomic E-state index is 12.5. The summed E-state index contributed by atoms with van der Waals surface area (Å²) in [5, 5.41) is 3.26. The number of aryl methyl sites for hydroxylation is 1. The number of carbonyl (C=O) groups is 1. The van der Waals surface area contributed by atoms with Crippen molar-refractivity contribution in [3.63, 3.8) is 0 Å². The molecule has 2 aromatic rings. The fourth-order valence-corrected chi connectivity index (χ4v) is 4.53. The number of carbonyl (C=O) groups excluding carboxylic acids is 1. The highest BCUT2D eigenvalue weighted by Gasteiger charge is 2.23. The highest BCUT2D eigenvalue weighted by atomic mass is 35.5. The zero-order valence-electron chi connectivity index (χ0n) is 16.0. The Balaban J connectivity index is 1.59. The lowest BCUT2D eigenvalue weighted by molar-refractivity contribution is -0.121. The van der Waals surface area contributed by atoms with Gasteiger partial charge < -0.3 is 10.2 Å². The molecule has 150 valence electrons. The Morgan fingerprint density at radius 3 is 2.64 bits per heavy atom. The molecular weight excluding hydrogens is 398 g/mol. The van der Waals surface area contributed by atoms with Crippen LogP contribution in [0.25, 0.3) is 0 Å². The van der Waals surface area contributed by atoms with Crippen molar-refractivity contribution in [2.24, 2.45) is 0 Å². The van der Waals surface area contributed by atoms with Gasteiger partial charge in [-0.25, -0.2) is 8.42 Å². The summed E-state index contributed by atoms with van der Waals surface area (Å²) >= 11 is 5.80. The number of benzene rings is 2. The van der Waals surface area contributed by atoms with Crippen LogP contribution in [0, 0.1) is 0 Å². The SMILES string of the molecule is CN1CCCc2cc(CNC(=O)CN(C)S(=O)(=O)c3ccc(Cl)cc3)ccc21. The van der Waals surface area contributed by atoms with E-state index in [2.05, 4.69) is 29.4 Å². The van der Waals surface area contributed by atoms with Crippen LogP contribution in [0.4, 0.5) is 5.69 Å². The molecule has 0 unspecified atom stereocenters. The molecule has 28 heavy (non-hydrogen) atoms. The fraction of sp³-hybridized carbons (Fsp3) is 0.350. The second-order valence-corrected chi connectivity index (χ2v) is 9.46. The molecule has 1 aliphatic rings. The summed E-state index contributed by atoms with van der Waals surface area (Å²) in [7, 11) is -0.277. The molecule has 8 heteroatoms. The Labute approximate surface area is 171 Å². The summed E-state index contributed by atoms with van der Waals surface area (Å²) in [6.45, 7) is 1.17. The number of nitrogens with zero attached hydrogens (tertiary/aromatic N) is 2. The number of anilines is 1. The lowest BCUT2D eigenvalue weighted by Gasteiger charge is -2.27. The van der Waals surface area contributed by atoms with Crippen molar-refractivity contribution in [1.29, 1.82) is 0 Å². The Hall–Kier alpha value is -2.09. The number of sulfonamides is 1. The number of amides is 1. The first-order valence-electron chi connectivity index (χ1n) is 9.09. The van der Waals surface area contributed by atoms with Gasteiger partial charge in [-0.1, -0.05) is 23.7 Å². The highest BCUT2D eigenvalue weighted by molar-refractivity contribution is 7.89. The third-order valence-corrected chi connectivity index (χ3v) is 6.94. The molecule has 0 aliphatic carbocycles. The molecule has 0 spiro atoms. The Kier molecular flexibility index (Phi) is 6.27. The first kappa shape index (κ1) is 20.6. The van der Waals surface area contributed by atoms with Crippen LogP contribution in [0.15, 0.2) is 47.4 Å². The summed E-state index contributed by atoms with van der Waals surface area (Å²) < 4.78 is 26.1. The van der Waals surface area contributed by atoms with Crippen molar-refractivity contribution in [3.05, 3.63) is 58.6 Å². The van der Waals surface area contributed by atoms with Crippen LogP contribution < -0.4 is 10.2 Å². The molecule has 1 N–H and O–H groups in total. The van der Waals surface area contributed by atoms with E-state index in [9.17, 15) is 13.2 Å². The third kappa shape index (κ3) is 4.66. The molecule has 2 aromatic carbocycles. The summed E-state index contributed by atoms with van der Waals surface area (Å²) in [4.78, 5) is 14.6. The van der Waals surface area contributed by atoms with E-state index in [1.54, 1.807) is 0 Å². The van der Waals surface area contributed by atoms with E-state index in [0.717, 1.165) is 29.3 Å². The molecule has 1 heterocycles. The Morgan fingerprint density at radius 1 is 1.21 bits per heavy atom. The quantitative estimate of drug-likeness (QED) is 0.778. The maximum Gasteiger partial charge on any atom is 0.243 e. The predicted octanol–water partition coefficient (Wildman–Crippen LogP) is 2.66. The minimum atomic E-state index is -3.74. The number of hydrogen-bond acceptors (Lipinski definition) is 4. The van der Waals surface area contributed by atoms with Gasteiger partial charge in [0.25, 0.3) is 0 Å². The zero-order valence-corrected chi connectivity index (χ0v) is 17.6. The standard InChI is InChI=1S/C20H24ClN3O3S/c1-23-11-3-4-16-12-15(5-10-19(16)23)13-22-20(25)14-24(2)28(26,27)18-8-6-17(21)7-9-18/h5-10,12H,3-4,11,13-14H2,1-2H3,(H,22,25). The summed E-state index contributed by atoms with van der Waals surface area (Å²) in [6, 6.07) is 12.1. The van der Waals surface area contributed by atoms with Crippen molar-refractivity contribution < 1.29 is 13.2 Å². The van der Waals surface area contributed by atoms with Crippen molar-refractivity contribution in [2.75, 3.05) is 32.1 Å². The average Bonchev–Trinajstić information content (AvgIpc) is 2.67. The fourth-order valence-electron chi connectivity index (χ4n) is 3.28. The molecule has 0 aromatic heterocycles. The van der Waals surface area contributed by atoms with E-state index < -0.39 is 10.0 Å². The van der Waals surface area contributed by atoms with Crippen LogP contribution in [0.3, 0.4) is 0 Å². The second kappa shape index (κ2) is 8.51. The van der Waals surface area contributed by atoms with Gasteiger partial charge in [-0.05, 0) is 54.3 Å². The molecular formula is C20H24ClN3O3S. The molecule has 0 radical (unpaired) electrons. The van der Waals surface area contributed by atoms with Gasteiger partial charge in [0.05, 0.1) is 11.4 Å². The Bertz CT molecular complexity index is 961. The topological polar surface area (TPSA) is 69.7 Å². The zero-order chi connectivity index (χ0) is 20.3. The van der Waals surface area contributed by atoms with Gasteiger partial charge in [0.2, 0.25) is 15.9 Å². The third-order valence-electron chi connectivity index (χ3n) is 4.87. The molecule has 6 nitrogen and oxygen atoms in total. The lowest BCUT2D eigenvalue weighted by Crippen LogP contribution is -2.38. The van der Waals surface area contributed by atoms with Crippen LogP contribution in [0.1, 0.15) is 17.5 Å². The lowest BCUT2D eigenvalue weighted by atomic mass is 9.99. The van der Waals surface area contributed by atoms with Crippen molar-refractivity contribution in [2.45, 2.75) is 24.3 Å². The van der Waals surface area contributed by atoms with E-state index in [0.29, 0.717) is 11.6 Å². The molecule has 0 saturated carbocycles. The molecule has 0 bridgehead atoms. The minimum absolute atomic E-state index is 0.103. The molecule has 0 atom stereocenters. The van der Waals surface area contributed by atoms with Crippen LogP contribution in [0.2, 0.25) is 5.02 Å². The largest absolute Gasteiger partial charge is 0.374 e. The van der Waals surface area contributed by atoms with Crippen LogP contribution >= 0.6 is 11.6 Å². The van der Waals surface area contributed by atoms with Crippen LogP contribution in [-0.4, -0.2) is 45.8 Å². The van der Waals surface area contributed by atoms with Gasteiger partial charge >= 0.3 is 0 Å². The smallest absolute Gasteiger partial charge is 0.243 e. The summed E-state index contributed by atoms with van der Waals surface area (Å²) in [5.41, 5.74) is 3.52. The number of fused-ring (bicyclic) bond motifs is 1. The number of nitrogens with one attached hydrogen (secondary N) is 1. The van der Waals surface area contributed by atoms with Crippen molar-refractivity contribution >= 4 is 33.2 Å². The number of rotatable bonds is 6. The predicted molar refractivity (Wildman–Crippen MR) is 111 cm³/mol. The molecule has 1 amide bonds.